The maximum atomic E-state index is 13.0. The highest BCUT2D eigenvalue weighted by Crippen LogP contribution is 2.38. The Morgan fingerprint density at radius 1 is 1.14 bits per heavy atom. The summed E-state index contributed by atoms with van der Waals surface area (Å²) < 4.78 is 5.61. The Bertz CT molecular complexity index is 898. The number of amides is 2. The average Bonchev–Trinajstić information content (AvgIpc) is 3.38. The number of hydrogen-bond acceptors (Lipinski definition) is 4. The Hall–Kier alpha value is -2.44. The fourth-order valence-electron chi connectivity index (χ4n) is 3.88. The van der Waals surface area contributed by atoms with Gasteiger partial charge in [0.25, 0.3) is 5.91 Å². The van der Waals surface area contributed by atoms with E-state index in [1.807, 2.05) is 30.3 Å². The Kier molecular flexibility index (Phi) is 6.42. The van der Waals surface area contributed by atoms with Crippen molar-refractivity contribution < 1.29 is 14.3 Å². The van der Waals surface area contributed by atoms with E-state index in [0.29, 0.717) is 17.1 Å². The molecule has 1 aromatic heterocycles. The first kappa shape index (κ1) is 19.9. The highest BCUT2D eigenvalue weighted by atomic mass is 32.1. The Morgan fingerprint density at radius 3 is 2.76 bits per heavy atom. The van der Waals surface area contributed by atoms with Crippen molar-refractivity contribution in [2.75, 3.05) is 18.5 Å². The lowest BCUT2D eigenvalue weighted by Crippen LogP contribution is -2.32. The number of hydrogen-bond donors (Lipinski definition) is 2. The predicted octanol–water partition coefficient (Wildman–Crippen LogP) is 4.19. The quantitative estimate of drug-likeness (QED) is 0.702. The van der Waals surface area contributed by atoms with E-state index in [1.165, 1.54) is 11.0 Å². The molecule has 4 rings (SSSR count). The molecule has 1 fully saturated rings. The molecule has 0 saturated carbocycles. The Balaban J connectivity index is 1.49. The van der Waals surface area contributed by atoms with Gasteiger partial charge in [0.15, 0.2) is 0 Å². The summed E-state index contributed by atoms with van der Waals surface area (Å²) in [5.74, 6) is -0.331. The molecule has 0 spiro atoms. The second kappa shape index (κ2) is 9.37. The number of anilines is 1. The topological polar surface area (TPSA) is 67.4 Å². The van der Waals surface area contributed by atoms with Crippen LogP contribution in [0.15, 0.2) is 36.4 Å². The van der Waals surface area contributed by atoms with Gasteiger partial charge in [-0.15, -0.1) is 11.3 Å². The fraction of sp³-hybridized carbons (Fsp3) is 0.391. The summed E-state index contributed by atoms with van der Waals surface area (Å²) in [6, 6.07) is 9.69. The Morgan fingerprint density at radius 2 is 1.97 bits per heavy atom. The van der Waals surface area contributed by atoms with Gasteiger partial charge < -0.3 is 15.4 Å². The third-order valence-electron chi connectivity index (χ3n) is 5.38. The van der Waals surface area contributed by atoms with E-state index >= 15 is 0 Å². The Labute approximate surface area is 175 Å². The highest BCUT2D eigenvalue weighted by molar-refractivity contribution is 7.17. The van der Waals surface area contributed by atoms with Crippen LogP contribution in [0.2, 0.25) is 0 Å². The van der Waals surface area contributed by atoms with Crippen molar-refractivity contribution in [2.24, 2.45) is 0 Å². The first-order chi connectivity index (χ1) is 14.2. The van der Waals surface area contributed by atoms with Gasteiger partial charge in [-0.05, 0) is 55.7 Å². The lowest BCUT2D eigenvalue weighted by atomic mass is 9.95. The minimum atomic E-state index is -0.222. The molecule has 2 heterocycles. The molecule has 1 aliphatic heterocycles. The van der Waals surface area contributed by atoms with Gasteiger partial charge in [-0.2, -0.15) is 0 Å². The largest absolute Gasteiger partial charge is 0.376 e. The van der Waals surface area contributed by atoms with E-state index in [-0.39, 0.29) is 17.9 Å². The van der Waals surface area contributed by atoms with Crippen molar-refractivity contribution in [1.82, 2.24) is 5.32 Å². The third kappa shape index (κ3) is 4.95. The summed E-state index contributed by atoms with van der Waals surface area (Å²) >= 11 is 1.54. The van der Waals surface area contributed by atoms with E-state index in [2.05, 4.69) is 10.6 Å². The van der Waals surface area contributed by atoms with E-state index in [0.717, 1.165) is 56.3 Å². The number of benzene rings is 1. The van der Waals surface area contributed by atoms with Gasteiger partial charge >= 0.3 is 0 Å². The van der Waals surface area contributed by atoms with Gasteiger partial charge in [0, 0.05) is 24.1 Å². The zero-order valence-corrected chi connectivity index (χ0v) is 17.2. The van der Waals surface area contributed by atoms with Crippen molar-refractivity contribution in [3.63, 3.8) is 0 Å². The molecule has 1 aromatic carbocycles. The molecule has 0 bridgehead atoms. The summed E-state index contributed by atoms with van der Waals surface area (Å²) in [4.78, 5) is 26.7. The maximum Gasteiger partial charge on any atom is 0.254 e. The maximum absolute atomic E-state index is 13.0. The van der Waals surface area contributed by atoms with Crippen molar-refractivity contribution in [2.45, 2.75) is 44.6 Å². The molecule has 0 radical (unpaired) electrons. The molecule has 2 aromatic rings. The monoisotopic (exact) mass is 410 g/mol. The van der Waals surface area contributed by atoms with Crippen LogP contribution < -0.4 is 10.6 Å². The van der Waals surface area contributed by atoms with Crippen molar-refractivity contribution >= 4 is 34.2 Å². The number of carbonyl (C=O) groups excluding carboxylic acids is 2. The normalized spacial score (nSPS) is 18.6. The van der Waals surface area contributed by atoms with Gasteiger partial charge in [-0.3, -0.25) is 9.59 Å². The number of rotatable bonds is 6. The van der Waals surface area contributed by atoms with Gasteiger partial charge in [0.05, 0.1) is 11.7 Å². The van der Waals surface area contributed by atoms with E-state index in [9.17, 15) is 9.59 Å². The van der Waals surface area contributed by atoms with Crippen LogP contribution in [0, 0.1) is 0 Å². The first-order valence-electron chi connectivity index (χ1n) is 10.3. The third-order valence-corrected chi connectivity index (χ3v) is 6.58. The molecule has 1 saturated heterocycles. The smallest absolute Gasteiger partial charge is 0.254 e. The molecular weight excluding hydrogens is 384 g/mol. The highest BCUT2D eigenvalue weighted by Gasteiger charge is 2.27. The summed E-state index contributed by atoms with van der Waals surface area (Å²) in [5.41, 5.74) is 2.71. The number of nitrogens with one attached hydrogen (secondary N) is 2. The predicted molar refractivity (Wildman–Crippen MR) is 116 cm³/mol. The minimum absolute atomic E-state index is 0.0975. The van der Waals surface area contributed by atoms with Crippen LogP contribution in [0.3, 0.4) is 0 Å². The lowest BCUT2D eigenvalue weighted by molar-refractivity contribution is -0.111. The molecule has 29 heavy (non-hydrogen) atoms. The number of aryl methyl sites for hydroxylation is 1. The molecule has 2 N–H and O–H groups in total. The van der Waals surface area contributed by atoms with E-state index in [1.54, 1.807) is 17.4 Å². The number of thiophene rings is 1. The molecule has 0 unspecified atom stereocenters. The van der Waals surface area contributed by atoms with Crippen molar-refractivity contribution in [3.8, 4) is 0 Å². The number of carbonyl (C=O) groups is 2. The van der Waals surface area contributed by atoms with Crippen LogP contribution in [0.4, 0.5) is 5.00 Å². The van der Waals surface area contributed by atoms with Crippen LogP contribution in [-0.2, 0) is 22.4 Å². The molecule has 1 aliphatic carbocycles. The van der Waals surface area contributed by atoms with Crippen molar-refractivity contribution in [3.05, 3.63) is 58.0 Å². The average molecular weight is 411 g/mol. The van der Waals surface area contributed by atoms with E-state index in [4.69, 9.17) is 4.74 Å². The molecule has 152 valence electrons. The molecule has 5 nitrogen and oxygen atoms in total. The zero-order chi connectivity index (χ0) is 20.1. The molecule has 2 aliphatic rings. The van der Waals surface area contributed by atoms with Gasteiger partial charge in [0.1, 0.15) is 5.00 Å². The molecule has 2 amide bonds. The second-order valence-corrected chi connectivity index (χ2v) is 8.60. The van der Waals surface area contributed by atoms with Crippen LogP contribution in [-0.4, -0.2) is 31.1 Å². The summed E-state index contributed by atoms with van der Waals surface area (Å²) in [6.07, 6.45) is 9.50. The standard InChI is InChI=1S/C23H26N2O3S/c26-20(13-12-16-7-2-1-3-8-16)25-23-21(18-10-4-5-11-19(18)29-23)22(27)24-15-17-9-6-14-28-17/h1-3,7-8,12-13,17H,4-6,9-11,14-15H2,(H,24,27)(H,25,26)/b13-12+/t17-/m0/s1. The first-order valence-corrected chi connectivity index (χ1v) is 11.1. The lowest BCUT2D eigenvalue weighted by Gasteiger charge is -2.15. The van der Waals surface area contributed by atoms with Crippen molar-refractivity contribution in [1.29, 1.82) is 0 Å². The number of fused-ring (bicyclic) bond motifs is 1. The summed E-state index contributed by atoms with van der Waals surface area (Å²) in [6.45, 7) is 1.29. The zero-order valence-electron chi connectivity index (χ0n) is 16.4. The van der Waals surface area contributed by atoms with Gasteiger partial charge in [-0.25, -0.2) is 0 Å². The second-order valence-electron chi connectivity index (χ2n) is 7.49. The molecule has 6 heteroatoms. The minimum Gasteiger partial charge on any atom is -0.376 e. The van der Waals surface area contributed by atoms with Gasteiger partial charge in [-0.1, -0.05) is 30.3 Å². The summed E-state index contributed by atoms with van der Waals surface area (Å²) in [7, 11) is 0. The fourth-order valence-corrected chi connectivity index (χ4v) is 5.17. The van der Waals surface area contributed by atoms with Crippen LogP contribution in [0.1, 0.15) is 52.0 Å². The van der Waals surface area contributed by atoms with Crippen LogP contribution >= 0.6 is 11.3 Å². The number of ether oxygens (including phenoxy) is 1. The SMILES string of the molecule is O=C(/C=C/c1ccccc1)Nc1sc2c(c1C(=O)NC[C@@H]1CCCO1)CCCC2. The molecule has 1 atom stereocenters. The molecular formula is C23H26N2O3S. The summed E-state index contributed by atoms with van der Waals surface area (Å²) in [5, 5.41) is 6.63. The van der Waals surface area contributed by atoms with Crippen LogP contribution in [0.5, 0.6) is 0 Å². The van der Waals surface area contributed by atoms with Gasteiger partial charge in [0.2, 0.25) is 5.91 Å². The van der Waals surface area contributed by atoms with Crippen LogP contribution in [0.25, 0.3) is 6.08 Å². The van der Waals surface area contributed by atoms with E-state index < -0.39 is 0 Å².